The van der Waals surface area contributed by atoms with Gasteiger partial charge in [0.05, 0.1) is 4.90 Å². The molecule has 7 heteroatoms. The van der Waals surface area contributed by atoms with E-state index < -0.39 is 10.0 Å². The van der Waals surface area contributed by atoms with Gasteiger partial charge in [-0.2, -0.15) is 0 Å². The number of hydrogen-bond donors (Lipinski definition) is 2. The van der Waals surface area contributed by atoms with Gasteiger partial charge < -0.3 is 5.32 Å². The van der Waals surface area contributed by atoms with Crippen LogP contribution in [0.2, 0.25) is 5.02 Å². The summed E-state index contributed by atoms with van der Waals surface area (Å²) in [5, 5.41) is 3.52. The molecule has 0 saturated carbocycles. The van der Waals surface area contributed by atoms with Crippen LogP contribution in [0.5, 0.6) is 0 Å². The van der Waals surface area contributed by atoms with E-state index in [1.54, 1.807) is 30.5 Å². The lowest BCUT2D eigenvalue weighted by atomic mass is 10.2. The van der Waals surface area contributed by atoms with Crippen LogP contribution in [-0.2, 0) is 23.1 Å². The van der Waals surface area contributed by atoms with Crippen molar-refractivity contribution < 1.29 is 8.42 Å². The number of benzene rings is 1. The van der Waals surface area contributed by atoms with Crippen molar-refractivity contribution in [2.45, 2.75) is 24.9 Å². The molecule has 1 aromatic heterocycles. The summed E-state index contributed by atoms with van der Waals surface area (Å²) in [7, 11) is -1.75. The van der Waals surface area contributed by atoms with Gasteiger partial charge in [-0.3, -0.25) is 0 Å². The molecular formula is C14H17ClN2O2S2. The Hall–Kier alpha value is -0.920. The van der Waals surface area contributed by atoms with Gasteiger partial charge in [-0.05, 0) is 49.9 Å². The molecule has 0 aliphatic heterocycles. The van der Waals surface area contributed by atoms with Crippen LogP contribution in [0.1, 0.15) is 15.3 Å². The topological polar surface area (TPSA) is 58.2 Å². The minimum Gasteiger partial charge on any atom is -0.316 e. The van der Waals surface area contributed by atoms with Crippen LogP contribution in [0.25, 0.3) is 0 Å². The standard InChI is InChI=1S/C14H17ClN2O2S2/c1-10-3-4-12(20-10)9-17-21(18,19)13-5-6-14(15)11(7-13)8-16-2/h3-7,16-17H,8-9H2,1-2H3. The molecule has 2 N–H and O–H groups in total. The largest absolute Gasteiger partial charge is 0.316 e. The van der Waals surface area contributed by atoms with Crippen LogP contribution in [0.4, 0.5) is 0 Å². The predicted molar refractivity (Wildman–Crippen MR) is 87.3 cm³/mol. The Morgan fingerprint density at radius 1 is 1.19 bits per heavy atom. The molecule has 0 spiro atoms. The second-order valence-electron chi connectivity index (χ2n) is 4.62. The highest BCUT2D eigenvalue weighted by Gasteiger charge is 2.15. The van der Waals surface area contributed by atoms with Crippen molar-refractivity contribution >= 4 is 33.0 Å². The van der Waals surface area contributed by atoms with E-state index in [0.29, 0.717) is 18.1 Å². The highest BCUT2D eigenvalue weighted by Crippen LogP contribution is 2.21. The molecule has 0 radical (unpaired) electrons. The van der Waals surface area contributed by atoms with Gasteiger partial charge in [0.25, 0.3) is 0 Å². The summed E-state index contributed by atoms with van der Waals surface area (Å²) in [5.74, 6) is 0. The summed E-state index contributed by atoms with van der Waals surface area (Å²) in [4.78, 5) is 2.37. The Morgan fingerprint density at radius 3 is 2.57 bits per heavy atom. The van der Waals surface area contributed by atoms with Crippen LogP contribution in [-0.4, -0.2) is 15.5 Å². The predicted octanol–water partition coefficient (Wildman–Crippen LogP) is 2.91. The summed E-state index contributed by atoms with van der Waals surface area (Å²) in [6, 6.07) is 8.63. The first kappa shape index (κ1) is 16.5. The molecule has 2 rings (SSSR count). The highest BCUT2D eigenvalue weighted by molar-refractivity contribution is 7.89. The van der Waals surface area contributed by atoms with Crippen molar-refractivity contribution in [3.63, 3.8) is 0 Å². The lowest BCUT2D eigenvalue weighted by Crippen LogP contribution is -2.23. The van der Waals surface area contributed by atoms with Gasteiger partial charge >= 0.3 is 0 Å². The zero-order valence-corrected chi connectivity index (χ0v) is 14.2. The van der Waals surface area contributed by atoms with E-state index in [4.69, 9.17) is 11.6 Å². The fourth-order valence-corrected chi connectivity index (χ4v) is 4.04. The molecule has 1 heterocycles. The maximum Gasteiger partial charge on any atom is 0.240 e. The van der Waals surface area contributed by atoms with Crippen molar-refractivity contribution in [2.75, 3.05) is 7.05 Å². The number of aryl methyl sites for hydroxylation is 1. The minimum atomic E-state index is -3.54. The van der Waals surface area contributed by atoms with Gasteiger partial charge in [-0.25, -0.2) is 13.1 Å². The second kappa shape index (κ2) is 6.89. The smallest absolute Gasteiger partial charge is 0.240 e. The quantitative estimate of drug-likeness (QED) is 0.847. The van der Waals surface area contributed by atoms with Gasteiger partial charge in [-0.1, -0.05) is 11.6 Å². The molecule has 1 aromatic carbocycles. The number of hydrogen-bond acceptors (Lipinski definition) is 4. The van der Waals surface area contributed by atoms with Crippen molar-refractivity contribution in [2.24, 2.45) is 0 Å². The molecule has 0 aliphatic rings. The van der Waals surface area contributed by atoms with Crippen molar-refractivity contribution in [3.05, 3.63) is 50.7 Å². The fraction of sp³-hybridized carbons (Fsp3) is 0.286. The lowest BCUT2D eigenvalue weighted by molar-refractivity contribution is 0.581. The van der Waals surface area contributed by atoms with Gasteiger partial charge in [-0.15, -0.1) is 11.3 Å². The average molecular weight is 345 g/mol. The first-order valence-electron chi connectivity index (χ1n) is 6.40. The van der Waals surface area contributed by atoms with E-state index in [2.05, 4.69) is 10.0 Å². The SMILES string of the molecule is CNCc1cc(S(=O)(=O)NCc2ccc(C)s2)ccc1Cl. The number of nitrogens with one attached hydrogen (secondary N) is 2. The maximum atomic E-state index is 12.3. The molecule has 0 bridgehead atoms. The molecule has 0 amide bonds. The van der Waals surface area contributed by atoms with Crippen molar-refractivity contribution in [1.82, 2.24) is 10.0 Å². The third kappa shape index (κ3) is 4.28. The van der Waals surface area contributed by atoms with Gasteiger partial charge in [0.15, 0.2) is 0 Å². The van der Waals surface area contributed by atoms with E-state index in [-0.39, 0.29) is 4.90 Å². The van der Waals surface area contributed by atoms with Gasteiger partial charge in [0, 0.05) is 27.9 Å². The normalized spacial score (nSPS) is 11.8. The Balaban J connectivity index is 2.17. The molecule has 4 nitrogen and oxygen atoms in total. The Kier molecular flexibility index (Phi) is 5.40. The first-order valence-corrected chi connectivity index (χ1v) is 9.08. The van der Waals surface area contributed by atoms with E-state index >= 15 is 0 Å². The maximum absolute atomic E-state index is 12.3. The van der Waals surface area contributed by atoms with Crippen molar-refractivity contribution in [1.29, 1.82) is 0 Å². The lowest BCUT2D eigenvalue weighted by Gasteiger charge is -2.09. The third-order valence-corrected chi connectivity index (χ3v) is 5.70. The van der Waals surface area contributed by atoms with E-state index in [0.717, 1.165) is 15.3 Å². The fourth-order valence-electron chi connectivity index (χ4n) is 1.87. The number of thiophene rings is 1. The summed E-state index contributed by atoms with van der Waals surface area (Å²) in [6.07, 6.45) is 0. The zero-order chi connectivity index (χ0) is 15.5. The van der Waals surface area contributed by atoms with Crippen molar-refractivity contribution in [3.8, 4) is 0 Å². The monoisotopic (exact) mass is 344 g/mol. The highest BCUT2D eigenvalue weighted by atomic mass is 35.5. The summed E-state index contributed by atoms with van der Waals surface area (Å²) < 4.78 is 27.2. The third-order valence-electron chi connectivity index (χ3n) is 2.93. The van der Waals surface area contributed by atoms with E-state index in [9.17, 15) is 8.42 Å². The van der Waals surface area contributed by atoms with E-state index in [1.807, 2.05) is 19.1 Å². The van der Waals surface area contributed by atoms with E-state index in [1.165, 1.54) is 6.07 Å². The number of sulfonamides is 1. The van der Waals surface area contributed by atoms with Crippen LogP contribution in [0.3, 0.4) is 0 Å². The molecule has 0 saturated heterocycles. The van der Waals surface area contributed by atoms with Gasteiger partial charge in [0.2, 0.25) is 10.0 Å². The molecule has 21 heavy (non-hydrogen) atoms. The first-order chi connectivity index (χ1) is 9.92. The van der Waals surface area contributed by atoms with Gasteiger partial charge in [0.1, 0.15) is 0 Å². The Labute approximate surface area is 134 Å². The van der Waals surface area contributed by atoms with Crippen LogP contribution in [0, 0.1) is 6.92 Å². The summed E-state index contributed by atoms with van der Waals surface area (Å²) in [6.45, 7) is 2.81. The summed E-state index contributed by atoms with van der Waals surface area (Å²) >= 11 is 7.63. The van der Waals surface area contributed by atoms with Crippen LogP contribution in [0.15, 0.2) is 35.2 Å². The second-order valence-corrected chi connectivity index (χ2v) is 8.17. The summed E-state index contributed by atoms with van der Waals surface area (Å²) in [5.41, 5.74) is 0.758. The number of rotatable bonds is 6. The molecule has 114 valence electrons. The average Bonchev–Trinajstić information content (AvgIpc) is 2.85. The Morgan fingerprint density at radius 2 is 1.95 bits per heavy atom. The molecule has 0 atom stereocenters. The molecule has 0 fully saturated rings. The van der Waals surface area contributed by atoms with Crippen LogP contribution >= 0.6 is 22.9 Å². The molecule has 2 aromatic rings. The molecular weight excluding hydrogens is 328 g/mol. The molecule has 0 aliphatic carbocycles. The molecule has 0 unspecified atom stereocenters. The minimum absolute atomic E-state index is 0.227. The van der Waals surface area contributed by atoms with Crippen LogP contribution < -0.4 is 10.0 Å². The Bertz CT molecular complexity index is 726. The zero-order valence-electron chi connectivity index (χ0n) is 11.8. The number of halogens is 1.